The number of H-pyrrole nitrogens is 1. The van der Waals surface area contributed by atoms with Gasteiger partial charge in [-0.05, 0) is 24.7 Å². The minimum absolute atomic E-state index is 0.0425. The highest BCUT2D eigenvalue weighted by atomic mass is 19.4. The number of ether oxygens (including phenoxy) is 1. The van der Waals surface area contributed by atoms with Crippen LogP contribution < -0.4 is 10.8 Å². The molecule has 43 heavy (non-hydrogen) atoms. The summed E-state index contributed by atoms with van der Waals surface area (Å²) >= 11 is 0. The van der Waals surface area contributed by atoms with Crippen LogP contribution in [-0.2, 0) is 16.1 Å². The van der Waals surface area contributed by atoms with E-state index in [0.717, 1.165) is 58.8 Å². The smallest absolute Gasteiger partial charge is 0.430 e. The molecule has 0 aliphatic carbocycles. The molecular formula is C30H28F3N7O3. The van der Waals surface area contributed by atoms with E-state index in [-0.39, 0.29) is 6.04 Å². The molecule has 5 aromatic rings. The van der Waals surface area contributed by atoms with Gasteiger partial charge in [0, 0.05) is 34.8 Å². The van der Waals surface area contributed by atoms with Gasteiger partial charge in [-0.1, -0.05) is 54.6 Å². The third kappa shape index (κ3) is 6.69. The van der Waals surface area contributed by atoms with Crippen molar-refractivity contribution in [1.82, 2.24) is 30.0 Å². The molecule has 1 aliphatic rings. The summed E-state index contributed by atoms with van der Waals surface area (Å²) in [6.07, 6.45) is -3.42. The molecule has 1 aliphatic heterocycles. The van der Waals surface area contributed by atoms with E-state index >= 15 is 0 Å². The number of carboxylic acids is 1. The molecule has 0 radical (unpaired) electrons. The Kier molecular flexibility index (Phi) is 8.76. The molecule has 0 saturated carbocycles. The molecule has 13 heteroatoms. The van der Waals surface area contributed by atoms with E-state index in [4.69, 9.17) is 24.6 Å². The number of quaternary nitrogens is 1. The zero-order valence-corrected chi connectivity index (χ0v) is 23.1. The van der Waals surface area contributed by atoms with Crippen molar-refractivity contribution in [3.63, 3.8) is 0 Å². The summed E-state index contributed by atoms with van der Waals surface area (Å²) in [6.45, 7) is 2.93. The molecule has 0 amide bonds. The number of aromatic nitrogens is 5. The molecular weight excluding hydrogens is 563 g/mol. The molecule has 0 spiro atoms. The van der Waals surface area contributed by atoms with Crippen LogP contribution in [0.15, 0.2) is 72.9 Å². The maximum atomic E-state index is 10.5. The molecule has 3 aromatic heterocycles. The fraction of sp³-hybridized carbons (Fsp3) is 0.233. The lowest BCUT2D eigenvalue weighted by molar-refractivity contribution is -0.386. The molecule has 1 atom stereocenters. The summed E-state index contributed by atoms with van der Waals surface area (Å²) in [6, 6.07) is 22.9. The van der Waals surface area contributed by atoms with Crippen molar-refractivity contribution in [1.29, 1.82) is 0 Å². The van der Waals surface area contributed by atoms with Gasteiger partial charge in [-0.25, -0.2) is 9.97 Å². The number of morpholine rings is 1. The average Bonchev–Trinajstić information content (AvgIpc) is 3.50. The molecule has 4 heterocycles. The molecule has 6 rings (SSSR count). The summed E-state index contributed by atoms with van der Waals surface area (Å²) < 4.78 is 37.2. The van der Waals surface area contributed by atoms with Crippen molar-refractivity contribution in [2.24, 2.45) is 0 Å². The van der Waals surface area contributed by atoms with Crippen molar-refractivity contribution in [2.75, 3.05) is 26.8 Å². The van der Waals surface area contributed by atoms with Crippen molar-refractivity contribution >= 4 is 16.9 Å². The van der Waals surface area contributed by atoms with Crippen LogP contribution in [0.5, 0.6) is 0 Å². The van der Waals surface area contributed by atoms with Crippen LogP contribution in [0.25, 0.3) is 44.8 Å². The van der Waals surface area contributed by atoms with Gasteiger partial charge in [-0.3, -0.25) is 15.0 Å². The zero-order valence-electron chi connectivity index (χ0n) is 23.1. The number of aromatic amines is 1. The molecule has 1 saturated heterocycles. The Morgan fingerprint density at radius 2 is 1.79 bits per heavy atom. The second kappa shape index (κ2) is 12.7. The molecule has 222 valence electrons. The average molecular weight is 592 g/mol. The van der Waals surface area contributed by atoms with Crippen LogP contribution in [0.3, 0.4) is 0 Å². The number of carbonyl (C=O) groups excluding carboxylic acids is 1. The number of fused-ring (bicyclic) bond motifs is 1. The summed E-state index contributed by atoms with van der Waals surface area (Å²) in [4.78, 5) is 25.6. The predicted octanol–water partition coefficient (Wildman–Crippen LogP) is 2.79. The first kappa shape index (κ1) is 29.8. The SMILES string of the molecule is CN1CCOCC1c1nc(-c2nccc3nc(-c4ccc(C[NH3+])cc4)c(-c4ccccc4)cc23)n[nH]1.O=C([O-])C(F)(F)F. The van der Waals surface area contributed by atoms with Gasteiger partial charge in [0.25, 0.3) is 0 Å². The van der Waals surface area contributed by atoms with Gasteiger partial charge in [-0.15, -0.1) is 0 Å². The van der Waals surface area contributed by atoms with Gasteiger partial charge in [0.15, 0.2) is 0 Å². The Morgan fingerprint density at radius 1 is 1.07 bits per heavy atom. The van der Waals surface area contributed by atoms with Crippen LogP contribution >= 0.6 is 0 Å². The number of hydrogen-bond donors (Lipinski definition) is 2. The summed E-state index contributed by atoms with van der Waals surface area (Å²) in [5.74, 6) is -1.67. The maximum Gasteiger partial charge on any atom is 0.430 e. The van der Waals surface area contributed by atoms with E-state index in [1.807, 2.05) is 24.3 Å². The summed E-state index contributed by atoms with van der Waals surface area (Å²) in [5, 5.41) is 17.3. The summed E-state index contributed by atoms with van der Waals surface area (Å²) in [7, 11) is 2.08. The van der Waals surface area contributed by atoms with E-state index in [9.17, 15) is 13.2 Å². The van der Waals surface area contributed by atoms with Gasteiger partial charge in [0.2, 0.25) is 5.82 Å². The first-order valence-corrected chi connectivity index (χ1v) is 13.4. The van der Waals surface area contributed by atoms with E-state index < -0.39 is 12.1 Å². The van der Waals surface area contributed by atoms with Gasteiger partial charge in [0.1, 0.15) is 17.5 Å². The highest BCUT2D eigenvalue weighted by Crippen LogP contribution is 2.36. The number of likely N-dealkylation sites (N-methyl/N-ethyl adjacent to an activating group) is 1. The van der Waals surface area contributed by atoms with E-state index in [1.54, 1.807) is 6.20 Å². The molecule has 0 bridgehead atoms. The number of halogens is 3. The van der Waals surface area contributed by atoms with Crippen molar-refractivity contribution in [3.05, 3.63) is 84.3 Å². The number of rotatable bonds is 5. The molecule has 1 unspecified atom stereocenters. The number of nitrogens with zero attached hydrogens (tertiary/aromatic N) is 5. The number of alkyl halides is 3. The predicted molar refractivity (Wildman–Crippen MR) is 150 cm³/mol. The largest absolute Gasteiger partial charge is 0.542 e. The van der Waals surface area contributed by atoms with Crippen molar-refractivity contribution in [2.45, 2.75) is 18.8 Å². The number of nitrogens with one attached hydrogen (secondary N) is 1. The number of carbonyl (C=O) groups is 1. The second-order valence-electron chi connectivity index (χ2n) is 9.82. The lowest BCUT2D eigenvalue weighted by Gasteiger charge is -2.30. The van der Waals surface area contributed by atoms with E-state index in [0.29, 0.717) is 18.1 Å². The summed E-state index contributed by atoms with van der Waals surface area (Å²) in [5.41, 5.74) is 10.9. The van der Waals surface area contributed by atoms with Gasteiger partial charge in [-0.2, -0.15) is 18.3 Å². The third-order valence-electron chi connectivity index (χ3n) is 7.00. The quantitative estimate of drug-likeness (QED) is 0.317. The minimum Gasteiger partial charge on any atom is -0.542 e. The van der Waals surface area contributed by atoms with Gasteiger partial charge >= 0.3 is 6.18 Å². The topological polar surface area (TPSA) is 148 Å². The van der Waals surface area contributed by atoms with E-state index in [1.165, 1.54) is 5.56 Å². The molecule has 1 fully saturated rings. The van der Waals surface area contributed by atoms with Crippen molar-refractivity contribution in [3.8, 4) is 33.9 Å². The standard InChI is InChI=1S/C28H27N7O.C2HF3O2/c1-35-13-14-36-17-24(35)27-32-28(34-33-27)26-22-15-21(19-5-3-2-4-6-19)25(31-23(22)11-12-30-26)20-9-7-18(16-29)8-10-20;3-2(4,5)1(6)7/h2-12,15,24H,13-14,16-17,29H2,1H3,(H,32,33,34);(H,6,7). The Bertz CT molecular complexity index is 1710. The Labute approximate surface area is 244 Å². The Hall–Kier alpha value is -4.72. The number of benzene rings is 2. The first-order valence-electron chi connectivity index (χ1n) is 13.4. The monoisotopic (exact) mass is 591 g/mol. The number of pyridine rings is 2. The lowest BCUT2D eigenvalue weighted by Crippen LogP contribution is -2.47. The first-order chi connectivity index (χ1) is 20.7. The Balaban J connectivity index is 0.000000472. The van der Waals surface area contributed by atoms with E-state index in [2.05, 4.69) is 75.3 Å². The minimum atomic E-state index is -5.19. The number of carboxylic acid groups (broad SMARTS) is 1. The Morgan fingerprint density at radius 3 is 2.44 bits per heavy atom. The second-order valence-corrected chi connectivity index (χ2v) is 9.82. The molecule has 4 N–H and O–H groups in total. The van der Waals surface area contributed by atoms with Crippen LogP contribution in [0.2, 0.25) is 0 Å². The van der Waals surface area contributed by atoms with Crippen LogP contribution in [0.1, 0.15) is 17.4 Å². The van der Waals surface area contributed by atoms with Gasteiger partial charge < -0.3 is 20.4 Å². The van der Waals surface area contributed by atoms with Crippen molar-refractivity contribution < 1.29 is 33.5 Å². The van der Waals surface area contributed by atoms with Crippen LogP contribution in [0.4, 0.5) is 13.2 Å². The highest BCUT2D eigenvalue weighted by Gasteiger charge is 2.29. The molecule has 2 aromatic carbocycles. The number of hydrogen-bond acceptors (Lipinski definition) is 8. The highest BCUT2D eigenvalue weighted by molar-refractivity contribution is 5.97. The third-order valence-corrected chi connectivity index (χ3v) is 7.00. The van der Waals surface area contributed by atoms with Crippen LogP contribution in [0, 0.1) is 0 Å². The van der Waals surface area contributed by atoms with Gasteiger partial charge in [0.05, 0.1) is 37.0 Å². The fourth-order valence-corrected chi connectivity index (χ4v) is 4.66. The number of aliphatic carboxylic acids is 1. The maximum absolute atomic E-state index is 10.5. The lowest BCUT2D eigenvalue weighted by atomic mass is 9.96. The normalized spacial score (nSPS) is 15.6. The fourth-order valence-electron chi connectivity index (χ4n) is 4.66. The van der Waals surface area contributed by atoms with Crippen LogP contribution in [-0.4, -0.2) is 69.0 Å². The zero-order chi connectivity index (χ0) is 30.6. The molecule has 10 nitrogen and oxygen atoms in total.